The van der Waals surface area contributed by atoms with Crippen molar-refractivity contribution >= 4 is 5.97 Å². The van der Waals surface area contributed by atoms with Crippen LogP contribution in [-0.4, -0.2) is 12.6 Å². The molecule has 0 unspecified atom stereocenters. The van der Waals surface area contributed by atoms with Crippen molar-refractivity contribution in [3.8, 4) is 24.7 Å². The van der Waals surface area contributed by atoms with E-state index < -0.39 is 5.97 Å². The maximum Gasteiger partial charge on any atom is 0.338 e. The molecule has 0 atom stereocenters. The molecule has 1 aromatic rings. The summed E-state index contributed by atoms with van der Waals surface area (Å²) in [4.78, 5) is 11.4. The fourth-order valence-electron chi connectivity index (χ4n) is 1.13. The molecule has 74 valence electrons. The van der Waals surface area contributed by atoms with E-state index in [9.17, 15) is 4.79 Å². The summed E-state index contributed by atoms with van der Waals surface area (Å²) in [5, 5.41) is 0. The molecule has 0 fully saturated rings. The van der Waals surface area contributed by atoms with Crippen LogP contribution in [0.4, 0.5) is 0 Å². The number of carbonyl (C=O) groups excluding carboxylic acids is 1. The Balaban J connectivity index is 3.15. The Bertz CT molecular complexity index is 426. The van der Waals surface area contributed by atoms with Crippen molar-refractivity contribution in [1.82, 2.24) is 0 Å². The third kappa shape index (κ3) is 2.62. The van der Waals surface area contributed by atoms with Crippen LogP contribution in [0.15, 0.2) is 18.2 Å². The fourth-order valence-corrected chi connectivity index (χ4v) is 1.13. The Morgan fingerprint density at radius 2 is 1.80 bits per heavy atom. The molecule has 0 amide bonds. The van der Waals surface area contributed by atoms with Gasteiger partial charge in [0.1, 0.15) is 0 Å². The van der Waals surface area contributed by atoms with Crippen molar-refractivity contribution < 1.29 is 9.53 Å². The largest absolute Gasteiger partial charge is 0.462 e. The van der Waals surface area contributed by atoms with Crippen LogP contribution in [0.5, 0.6) is 0 Å². The SMILES string of the molecule is C#Cc1cc(C#C)cc(C(=O)OCC)c1. The lowest BCUT2D eigenvalue weighted by molar-refractivity contribution is 0.0526. The molecule has 0 spiro atoms. The van der Waals surface area contributed by atoms with Crippen LogP contribution < -0.4 is 0 Å². The predicted octanol–water partition coefficient (Wildman–Crippen LogP) is 1.83. The van der Waals surface area contributed by atoms with E-state index in [1.165, 1.54) is 0 Å². The molecular formula is C13H10O2. The van der Waals surface area contributed by atoms with Gasteiger partial charge in [0.05, 0.1) is 12.2 Å². The van der Waals surface area contributed by atoms with Gasteiger partial charge in [0.15, 0.2) is 0 Å². The van der Waals surface area contributed by atoms with Gasteiger partial charge in [0.2, 0.25) is 0 Å². The number of hydrogen-bond donors (Lipinski definition) is 0. The molecule has 0 aliphatic rings. The van der Waals surface area contributed by atoms with Gasteiger partial charge in [0, 0.05) is 11.1 Å². The minimum atomic E-state index is -0.411. The maximum absolute atomic E-state index is 11.4. The second-order valence-electron chi connectivity index (χ2n) is 2.81. The molecule has 0 aliphatic carbocycles. The van der Waals surface area contributed by atoms with Gasteiger partial charge in [-0.05, 0) is 25.1 Å². The van der Waals surface area contributed by atoms with E-state index in [0.29, 0.717) is 23.3 Å². The molecular weight excluding hydrogens is 188 g/mol. The van der Waals surface area contributed by atoms with E-state index >= 15 is 0 Å². The van der Waals surface area contributed by atoms with Crippen molar-refractivity contribution in [3.63, 3.8) is 0 Å². The summed E-state index contributed by atoms with van der Waals surface area (Å²) in [6.07, 6.45) is 10.5. The van der Waals surface area contributed by atoms with Gasteiger partial charge in [-0.15, -0.1) is 12.8 Å². The van der Waals surface area contributed by atoms with Crippen molar-refractivity contribution in [2.24, 2.45) is 0 Å². The maximum atomic E-state index is 11.4. The fraction of sp³-hybridized carbons (Fsp3) is 0.154. The van der Waals surface area contributed by atoms with Gasteiger partial charge >= 0.3 is 5.97 Å². The summed E-state index contributed by atoms with van der Waals surface area (Å²) >= 11 is 0. The van der Waals surface area contributed by atoms with E-state index in [0.717, 1.165) is 0 Å². The standard InChI is InChI=1S/C13H10O2/c1-4-10-7-11(5-2)9-12(8-10)13(14)15-6-3/h1-2,7-9H,6H2,3H3. The monoisotopic (exact) mass is 198 g/mol. The van der Waals surface area contributed by atoms with Crippen LogP contribution in [0, 0.1) is 24.7 Å². The average Bonchev–Trinajstić information content (AvgIpc) is 2.28. The zero-order valence-corrected chi connectivity index (χ0v) is 8.41. The average molecular weight is 198 g/mol. The lowest BCUT2D eigenvalue weighted by Gasteiger charge is -2.03. The van der Waals surface area contributed by atoms with Crippen molar-refractivity contribution in [2.75, 3.05) is 6.61 Å². The topological polar surface area (TPSA) is 26.3 Å². The number of benzene rings is 1. The highest BCUT2D eigenvalue weighted by Crippen LogP contribution is 2.10. The summed E-state index contributed by atoms with van der Waals surface area (Å²) in [6, 6.07) is 4.83. The van der Waals surface area contributed by atoms with Crippen LogP contribution in [0.25, 0.3) is 0 Å². The molecule has 1 rings (SSSR count). The minimum absolute atomic E-state index is 0.324. The molecule has 0 saturated heterocycles. The van der Waals surface area contributed by atoms with Crippen molar-refractivity contribution in [1.29, 1.82) is 0 Å². The molecule has 0 N–H and O–H groups in total. The molecule has 0 heterocycles. The van der Waals surface area contributed by atoms with Gasteiger partial charge < -0.3 is 4.74 Å². The highest BCUT2D eigenvalue weighted by molar-refractivity contribution is 5.90. The Morgan fingerprint density at radius 1 is 1.27 bits per heavy atom. The quantitative estimate of drug-likeness (QED) is 0.535. The Morgan fingerprint density at radius 3 is 2.20 bits per heavy atom. The minimum Gasteiger partial charge on any atom is -0.462 e. The van der Waals surface area contributed by atoms with Gasteiger partial charge in [-0.25, -0.2) is 4.79 Å². The highest BCUT2D eigenvalue weighted by atomic mass is 16.5. The zero-order valence-electron chi connectivity index (χ0n) is 8.41. The van der Waals surface area contributed by atoms with Gasteiger partial charge in [-0.3, -0.25) is 0 Å². The number of rotatable bonds is 2. The summed E-state index contributed by atoms with van der Waals surface area (Å²) in [5.41, 5.74) is 1.54. The summed E-state index contributed by atoms with van der Waals surface area (Å²) in [5.74, 6) is 4.46. The zero-order chi connectivity index (χ0) is 11.3. The van der Waals surface area contributed by atoms with Crippen LogP contribution in [-0.2, 0) is 4.74 Å². The molecule has 15 heavy (non-hydrogen) atoms. The molecule has 0 radical (unpaired) electrons. The first kappa shape index (κ1) is 10.9. The van der Waals surface area contributed by atoms with Gasteiger partial charge in [-0.1, -0.05) is 11.8 Å². The normalized spacial score (nSPS) is 8.73. The molecule has 0 bridgehead atoms. The number of esters is 1. The first-order chi connectivity index (χ1) is 7.21. The van der Waals surface area contributed by atoms with Crippen molar-refractivity contribution in [3.05, 3.63) is 34.9 Å². The second-order valence-corrected chi connectivity index (χ2v) is 2.81. The van der Waals surface area contributed by atoms with Crippen LogP contribution in [0.2, 0.25) is 0 Å². The number of carbonyl (C=O) groups is 1. The number of hydrogen-bond acceptors (Lipinski definition) is 2. The van der Waals surface area contributed by atoms with E-state index in [1.807, 2.05) is 0 Å². The van der Waals surface area contributed by atoms with Crippen LogP contribution in [0.3, 0.4) is 0 Å². The number of ether oxygens (including phenoxy) is 1. The first-order valence-corrected chi connectivity index (χ1v) is 4.46. The van der Waals surface area contributed by atoms with Crippen LogP contribution >= 0.6 is 0 Å². The lowest BCUT2D eigenvalue weighted by Crippen LogP contribution is -2.05. The Labute approximate surface area is 89.3 Å². The van der Waals surface area contributed by atoms with E-state index in [2.05, 4.69) is 11.8 Å². The van der Waals surface area contributed by atoms with E-state index in [-0.39, 0.29) is 0 Å². The molecule has 0 aromatic heterocycles. The lowest BCUT2D eigenvalue weighted by atomic mass is 10.1. The van der Waals surface area contributed by atoms with E-state index in [4.69, 9.17) is 17.6 Å². The smallest absolute Gasteiger partial charge is 0.338 e. The first-order valence-electron chi connectivity index (χ1n) is 4.46. The highest BCUT2D eigenvalue weighted by Gasteiger charge is 2.07. The predicted molar refractivity (Wildman–Crippen MR) is 58.3 cm³/mol. The molecule has 0 aliphatic heterocycles. The van der Waals surface area contributed by atoms with Crippen molar-refractivity contribution in [2.45, 2.75) is 6.92 Å². The Kier molecular flexibility index (Phi) is 3.55. The van der Waals surface area contributed by atoms with Gasteiger partial charge in [-0.2, -0.15) is 0 Å². The second kappa shape index (κ2) is 4.88. The summed E-state index contributed by atoms with van der Waals surface area (Å²) < 4.78 is 4.85. The third-order valence-corrected chi connectivity index (χ3v) is 1.78. The summed E-state index contributed by atoms with van der Waals surface area (Å²) in [7, 11) is 0. The molecule has 1 aromatic carbocycles. The van der Waals surface area contributed by atoms with E-state index in [1.54, 1.807) is 25.1 Å². The molecule has 2 nitrogen and oxygen atoms in total. The van der Waals surface area contributed by atoms with Gasteiger partial charge in [0.25, 0.3) is 0 Å². The molecule has 2 heteroatoms. The van der Waals surface area contributed by atoms with Crippen LogP contribution in [0.1, 0.15) is 28.4 Å². The third-order valence-electron chi connectivity index (χ3n) is 1.78. The molecule has 0 saturated carbocycles. The Hall–Kier alpha value is -2.19. The number of terminal acetylenes is 2. The summed E-state index contributed by atoms with van der Waals surface area (Å²) in [6.45, 7) is 2.07.